The molecule has 0 spiro atoms. The maximum absolute atomic E-state index is 5.71. The van der Waals surface area contributed by atoms with Gasteiger partial charge in [0, 0.05) is 13.0 Å². The van der Waals surface area contributed by atoms with E-state index in [9.17, 15) is 0 Å². The summed E-state index contributed by atoms with van der Waals surface area (Å²) < 4.78 is 0. The van der Waals surface area contributed by atoms with Gasteiger partial charge in [0.15, 0.2) is 0 Å². The minimum atomic E-state index is 0.255. The Labute approximate surface area is 82.8 Å². The first kappa shape index (κ1) is 10.2. The molecule has 0 radical (unpaired) electrons. The largest absolute Gasteiger partial charge is 0.354 e. The van der Waals surface area contributed by atoms with E-state index in [0.29, 0.717) is 5.95 Å². The van der Waals surface area contributed by atoms with Crippen LogP contribution in [0.3, 0.4) is 0 Å². The van der Waals surface area contributed by atoms with Crippen LogP contribution in [-0.2, 0) is 6.42 Å². The summed E-state index contributed by atoms with van der Waals surface area (Å²) in [7, 11) is 0. The molecule has 0 aliphatic heterocycles. The van der Waals surface area contributed by atoms with Gasteiger partial charge in [-0.2, -0.15) is 9.97 Å². The average molecular weight is 201 g/mol. The van der Waals surface area contributed by atoms with Crippen LogP contribution in [0.2, 0.25) is 5.28 Å². The van der Waals surface area contributed by atoms with Crippen molar-refractivity contribution in [2.75, 3.05) is 11.9 Å². The standard InChI is InChI=1S/C8H13ClN4/c1-3-5-10-8-12-6(4-2)11-7(9)13-8/h3-5H2,1-2H3,(H,10,11,12,13). The van der Waals surface area contributed by atoms with E-state index in [1.807, 2.05) is 6.92 Å². The van der Waals surface area contributed by atoms with Crippen molar-refractivity contribution in [2.24, 2.45) is 0 Å². The molecule has 0 atom stereocenters. The van der Waals surface area contributed by atoms with Gasteiger partial charge in [0.05, 0.1) is 0 Å². The van der Waals surface area contributed by atoms with Crippen molar-refractivity contribution in [3.05, 3.63) is 11.1 Å². The fourth-order valence-electron chi connectivity index (χ4n) is 0.865. The summed E-state index contributed by atoms with van der Waals surface area (Å²) in [6.45, 7) is 4.91. The maximum atomic E-state index is 5.71. The number of hydrogen-bond donors (Lipinski definition) is 1. The van der Waals surface area contributed by atoms with E-state index in [0.717, 1.165) is 25.2 Å². The SMILES string of the molecule is CCCNc1nc(Cl)nc(CC)n1. The van der Waals surface area contributed by atoms with Crippen molar-refractivity contribution in [1.29, 1.82) is 0 Å². The van der Waals surface area contributed by atoms with Gasteiger partial charge in [0.2, 0.25) is 11.2 Å². The highest BCUT2D eigenvalue weighted by atomic mass is 35.5. The molecule has 4 nitrogen and oxygen atoms in total. The summed E-state index contributed by atoms with van der Waals surface area (Å²) in [6.07, 6.45) is 1.80. The Morgan fingerprint density at radius 2 is 2.00 bits per heavy atom. The van der Waals surface area contributed by atoms with Crippen molar-refractivity contribution in [3.8, 4) is 0 Å². The van der Waals surface area contributed by atoms with Gasteiger partial charge in [0.25, 0.3) is 0 Å². The first-order valence-corrected chi connectivity index (χ1v) is 4.78. The molecule has 0 amide bonds. The molecule has 0 fully saturated rings. The van der Waals surface area contributed by atoms with E-state index < -0.39 is 0 Å². The lowest BCUT2D eigenvalue weighted by molar-refractivity contribution is 0.878. The Hall–Kier alpha value is -0.900. The fourth-order valence-corrected chi connectivity index (χ4v) is 1.04. The molecule has 0 aromatic carbocycles. The van der Waals surface area contributed by atoms with Crippen molar-refractivity contribution in [2.45, 2.75) is 26.7 Å². The quantitative estimate of drug-likeness (QED) is 0.807. The molecular formula is C8H13ClN4. The van der Waals surface area contributed by atoms with Gasteiger partial charge in [0.1, 0.15) is 5.82 Å². The zero-order chi connectivity index (χ0) is 9.68. The van der Waals surface area contributed by atoms with Crippen LogP contribution >= 0.6 is 11.6 Å². The molecule has 0 bridgehead atoms. The zero-order valence-corrected chi connectivity index (χ0v) is 8.60. The molecule has 0 aliphatic carbocycles. The molecule has 13 heavy (non-hydrogen) atoms. The molecule has 1 N–H and O–H groups in total. The second-order valence-electron chi connectivity index (χ2n) is 2.62. The van der Waals surface area contributed by atoms with Crippen LogP contribution in [0.4, 0.5) is 5.95 Å². The first-order valence-electron chi connectivity index (χ1n) is 4.40. The van der Waals surface area contributed by atoms with Crippen molar-refractivity contribution >= 4 is 17.5 Å². The van der Waals surface area contributed by atoms with Crippen LogP contribution < -0.4 is 5.32 Å². The normalized spacial score (nSPS) is 10.1. The van der Waals surface area contributed by atoms with E-state index in [-0.39, 0.29) is 5.28 Å². The van der Waals surface area contributed by atoms with Crippen LogP contribution in [0.25, 0.3) is 0 Å². The predicted molar refractivity (Wildman–Crippen MR) is 53.0 cm³/mol. The van der Waals surface area contributed by atoms with Gasteiger partial charge in [-0.05, 0) is 18.0 Å². The van der Waals surface area contributed by atoms with Gasteiger partial charge in [-0.15, -0.1) is 0 Å². The average Bonchev–Trinajstić information content (AvgIpc) is 2.14. The molecule has 72 valence electrons. The molecule has 1 rings (SSSR count). The summed E-state index contributed by atoms with van der Waals surface area (Å²) in [5.41, 5.74) is 0. The maximum Gasteiger partial charge on any atom is 0.227 e. The van der Waals surface area contributed by atoms with Crippen LogP contribution in [0.5, 0.6) is 0 Å². The minimum Gasteiger partial charge on any atom is -0.354 e. The van der Waals surface area contributed by atoms with Crippen LogP contribution in [0.1, 0.15) is 26.1 Å². The highest BCUT2D eigenvalue weighted by molar-refractivity contribution is 6.28. The molecule has 0 saturated heterocycles. The Morgan fingerprint density at radius 1 is 1.23 bits per heavy atom. The molecule has 5 heteroatoms. The summed E-state index contributed by atoms with van der Waals surface area (Å²) in [6, 6.07) is 0. The van der Waals surface area contributed by atoms with Gasteiger partial charge < -0.3 is 5.32 Å². The molecule has 1 heterocycles. The lowest BCUT2D eigenvalue weighted by atomic mass is 10.4. The smallest absolute Gasteiger partial charge is 0.227 e. The molecule has 1 aromatic rings. The highest BCUT2D eigenvalue weighted by Crippen LogP contribution is 2.06. The number of aromatic nitrogens is 3. The third-order valence-electron chi connectivity index (χ3n) is 1.50. The third kappa shape index (κ3) is 3.14. The van der Waals surface area contributed by atoms with Gasteiger partial charge in [-0.25, -0.2) is 4.98 Å². The predicted octanol–water partition coefficient (Wildman–Crippen LogP) is 1.91. The van der Waals surface area contributed by atoms with E-state index in [4.69, 9.17) is 11.6 Å². The van der Waals surface area contributed by atoms with Gasteiger partial charge in [-0.1, -0.05) is 13.8 Å². The minimum absolute atomic E-state index is 0.255. The van der Waals surface area contributed by atoms with Crippen LogP contribution in [-0.4, -0.2) is 21.5 Å². The fraction of sp³-hybridized carbons (Fsp3) is 0.625. The molecular weight excluding hydrogens is 188 g/mol. The summed E-state index contributed by atoms with van der Waals surface area (Å²) in [5.74, 6) is 1.29. The lowest BCUT2D eigenvalue weighted by Crippen LogP contribution is -2.07. The number of halogens is 1. The summed E-state index contributed by atoms with van der Waals surface area (Å²) in [4.78, 5) is 12.1. The van der Waals surface area contributed by atoms with E-state index in [2.05, 4.69) is 27.2 Å². The number of nitrogens with zero attached hydrogens (tertiary/aromatic N) is 3. The van der Waals surface area contributed by atoms with Crippen molar-refractivity contribution in [3.63, 3.8) is 0 Å². The van der Waals surface area contributed by atoms with Crippen LogP contribution in [0.15, 0.2) is 0 Å². The zero-order valence-electron chi connectivity index (χ0n) is 7.84. The molecule has 0 saturated carbocycles. The summed E-state index contributed by atoms with van der Waals surface area (Å²) >= 11 is 5.71. The van der Waals surface area contributed by atoms with Crippen LogP contribution in [0, 0.1) is 0 Å². The Balaban J connectivity index is 2.76. The number of hydrogen-bond acceptors (Lipinski definition) is 4. The first-order chi connectivity index (χ1) is 6.26. The lowest BCUT2D eigenvalue weighted by Gasteiger charge is -2.03. The second kappa shape index (κ2) is 4.97. The van der Waals surface area contributed by atoms with E-state index in [1.54, 1.807) is 0 Å². The molecule has 1 aromatic heterocycles. The summed E-state index contributed by atoms with van der Waals surface area (Å²) in [5, 5.41) is 3.32. The monoisotopic (exact) mass is 200 g/mol. The van der Waals surface area contributed by atoms with Crippen molar-refractivity contribution in [1.82, 2.24) is 15.0 Å². The van der Waals surface area contributed by atoms with Gasteiger partial charge in [-0.3, -0.25) is 0 Å². The van der Waals surface area contributed by atoms with Gasteiger partial charge >= 0.3 is 0 Å². The topological polar surface area (TPSA) is 50.7 Å². The number of aryl methyl sites for hydroxylation is 1. The highest BCUT2D eigenvalue weighted by Gasteiger charge is 2.01. The van der Waals surface area contributed by atoms with Crippen molar-refractivity contribution < 1.29 is 0 Å². The van der Waals surface area contributed by atoms with E-state index >= 15 is 0 Å². The molecule has 0 aliphatic rings. The number of anilines is 1. The van der Waals surface area contributed by atoms with E-state index in [1.165, 1.54) is 0 Å². The second-order valence-corrected chi connectivity index (χ2v) is 2.96. The number of nitrogens with one attached hydrogen (secondary N) is 1. The Morgan fingerprint density at radius 3 is 2.62 bits per heavy atom. The third-order valence-corrected chi connectivity index (χ3v) is 1.67. The Kier molecular flexibility index (Phi) is 3.89. The Bertz CT molecular complexity index is 277. The molecule has 0 unspecified atom stereocenters. The number of rotatable bonds is 4.